The summed E-state index contributed by atoms with van der Waals surface area (Å²) in [7, 11) is 0. The summed E-state index contributed by atoms with van der Waals surface area (Å²) in [5.41, 5.74) is 2.90. The number of rotatable bonds is 2. The standard InChI is InChI=1S/2C7H7.2ClH.Sn/c2*1-7-5-3-2-4-6-7;;;/h2*2-5H,1H3;2*1H;. The summed E-state index contributed by atoms with van der Waals surface area (Å²) in [5.74, 6) is 0. The Labute approximate surface area is 126 Å². The first kappa shape index (κ1) is 16.8. The van der Waals surface area contributed by atoms with Crippen molar-refractivity contribution in [1.29, 1.82) is 0 Å². The van der Waals surface area contributed by atoms with Gasteiger partial charge in [0.15, 0.2) is 0 Å². The van der Waals surface area contributed by atoms with Crippen molar-refractivity contribution in [2.75, 3.05) is 0 Å². The van der Waals surface area contributed by atoms with Crippen LogP contribution in [0, 0.1) is 13.8 Å². The molecule has 0 bridgehead atoms. The molecular formula is C14H16Cl2Sn. The zero-order chi connectivity index (χ0) is 10.7. The fourth-order valence-corrected chi connectivity index (χ4v) is 5.03. The molecule has 0 aliphatic carbocycles. The van der Waals surface area contributed by atoms with Gasteiger partial charge >= 0.3 is 102 Å². The molecule has 2 aromatic carbocycles. The molecule has 2 rings (SSSR count). The van der Waals surface area contributed by atoms with Crippen LogP contribution in [0.4, 0.5) is 0 Å². The van der Waals surface area contributed by atoms with Gasteiger partial charge in [-0.05, 0) is 0 Å². The molecule has 90 valence electrons. The van der Waals surface area contributed by atoms with Gasteiger partial charge < -0.3 is 0 Å². The Kier molecular flexibility index (Phi) is 7.93. The molecule has 0 aliphatic heterocycles. The van der Waals surface area contributed by atoms with Crippen LogP contribution in [0.15, 0.2) is 48.5 Å². The molecular weight excluding hydrogens is 358 g/mol. The third-order valence-corrected chi connectivity index (χ3v) is 7.30. The number of hydrogen-bond acceptors (Lipinski definition) is 0. The van der Waals surface area contributed by atoms with Crippen LogP contribution in [0.1, 0.15) is 11.1 Å². The van der Waals surface area contributed by atoms with Gasteiger partial charge in [-0.25, -0.2) is 0 Å². The summed E-state index contributed by atoms with van der Waals surface area (Å²) in [6, 6.07) is 17.6. The van der Waals surface area contributed by atoms with Crippen LogP contribution in [0.25, 0.3) is 0 Å². The van der Waals surface area contributed by atoms with Gasteiger partial charge in [-0.1, -0.05) is 0 Å². The van der Waals surface area contributed by atoms with E-state index < -0.39 is 21.1 Å². The molecule has 0 unspecified atom stereocenters. The van der Waals surface area contributed by atoms with Crippen LogP contribution in [0.3, 0.4) is 0 Å². The average Bonchev–Trinajstić information content (AvgIpc) is 2.24. The normalized spacial score (nSPS) is 9.06. The largest absolute Gasteiger partial charge is 0.147 e. The number of aryl methyl sites for hydroxylation is 2. The van der Waals surface area contributed by atoms with Gasteiger partial charge in [-0.2, -0.15) is 0 Å². The van der Waals surface area contributed by atoms with Crippen LogP contribution in [-0.2, 0) is 0 Å². The van der Waals surface area contributed by atoms with Crippen LogP contribution < -0.4 is 7.16 Å². The van der Waals surface area contributed by atoms with E-state index in [9.17, 15) is 0 Å². The van der Waals surface area contributed by atoms with E-state index >= 15 is 0 Å². The molecule has 2 aromatic rings. The zero-order valence-corrected chi connectivity index (χ0v) is 14.4. The molecule has 0 fully saturated rings. The number of benzene rings is 2. The minimum atomic E-state index is -0.591. The molecule has 0 N–H and O–H groups in total. The molecule has 0 atom stereocenters. The van der Waals surface area contributed by atoms with Gasteiger partial charge in [0.1, 0.15) is 0 Å². The van der Waals surface area contributed by atoms with Crippen LogP contribution >= 0.6 is 24.8 Å². The van der Waals surface area contributed by atoms with E-state index in [0.29, 0.717) is 0 Å². The van der Waals surface area contributed by atoms with E-state index in [2.05, 4.69) is 62.4 Å². The first-order chi connectivity index (χ1) is 7.27. The third kappa shape index (κ3) is 4.53. The van der Waals surface area contributed by atoms with Gasteiger partial charge in [0.2, 0.25) is 0 Å². The Bertz CT molecular complexity index is 426. The predicted molar refractivity (Wildman–Crippen MR) is 81.9 cm³/mol. The van der Waals surface area contributed by atoms with Crippen molar-refractivity contribution >= 4 is 53.1 Å². The molecule has 3 heteroatoms. The molecule has 0 saturated heterocycles. The summed E-state index contributed by atoms with van der Waals surface area (Å²) < 4.78 is 3.19. The molecule has 0 spiro atoms. The summed E-state index contributed by atoms with van der Waals surface area (Å²) >= 11 is -0.591. The van der Waals surface area contributed by atoms with Crippen LogP contribution in [0.5, 0.6) is 0 Å². The van der Waals surface area contributed by atoms with Crippen molar-refractivity contribution < 1.29 is 0 Å². The number of hydrogen-bond donors (Lipinski definition) is 0. The maximum Gasteiger partial charge on any atom is -0.147 e. The molecule has 0 saturated carbocycles. The van der Waals surface area contributed by atoms with E-state index in [-0.39, 0.29) is 24.8 Å². The van der Waals surface area contributed by atoms with Crippen molar-refractivity contribution in [3.8, 4) is 0 Å². The Morgan fingerprint density at radius 2 is 1.00 bits per heavy atom. The fraction of sp³-hybridized carbons (Fsp3) is 0.143. The van der Waals surface area contributed by atoms with Crippen LogP contribution in [0.2, 0.25) is 0 Å². The van der Waals surface area contributed by atoms with Crippen molar-refractivity contribution in [2.24, 2.45) is 0 Å². The second kappa shape index (κ2) is 8.01. The van der Waals surface area contributed by atoms with E-state index in [1.165, 1.54) is 11.1 Å². The monoisotopic (exact) mass is 374 g/mol. The average molecular weight is 374 g/mol. The summed E-state index contributed by atoms with van der Waals surface area (Å²) in [5, 5.41) is 0. The van der Waals surface area contributed by atoms with Crippen molar-refractivity contribution in [1.82, 2.24) is 0 Å². The molecule has 0 aromatic heterocycles. The Morgan fingerprint density at radius 3 is 1.35 bits per heavy atom. The fourth-order valence-electron chi connectivity index (χ4n) is 1.57. The predicted octanol–water partition coefficient (Wildman–Crippen LogP) is 2.80. The SMILES string of the molecule is Cc1cccc[c]1[Sn][c]1ccccc1C.Cl.Cl. The Morgan fingerprint density at radius 1 is 0.647 bits per heavy atom. The van der Waals surface area contributed by atoms with Gasteiger partial charge in [-0.3, -0.25) is 0 Å². The molecule has 0 nitrogen and oxygen atoms in total. The topological polar surface area (TPSA) is 0 Å². The number of halogens is 2. The van der Waals surface area contributed by atoms with Gasteiger partial charge in [-0.15, -0.1) is 24.8 Å². The van der Waals surface area contributed by atoms with Gasteiger partial charge in [0.25, 0.3) is 0 Å². The van der Waals surface area contributed by atoms with E-state index in [0.717, 1.165) is 0 Å². The quantitative estimate of drug-likeness (QED) is 0.710. The van der Waals surface area contributed by atoms with Gasteiger partial charge in [0.05, 0.1) is 0 Å². The summed E-state index contributed by atoms with van der Waals surface area (Å²) in [6.45, 7) is 4.43. The molecule has 0 aliphatic rings. The maximum absolute atomic E-state index is 2.29. The Balaban J connectivity index is 0.00000128. The summed E-state index contributed by atoms with van der Waals surface area (Å²) in [4.78, 5) is 0. The third-order valence-electron chi connectivity index (χ3n) is 2.56. The van der Waals surface area contributed by atoms with Gasteiger partial charge in [0, 0.05) is 0 Å². The summed E-state index contributed by atoms with van der Waals surface area (Å²) in [6.07, 6.45) is 0. The second-order valence-corrected chi connectivity index (χ2v) is 7.54. The smallest absolute Gasteiger partial charge is 0.147 e. The molecule has 0 heterocycles. The molecule has 17 heavy (non-hydrogen) atoms. The molecule has 0 amide bonds. The van der Waals surface area contributed by atoms with Crippen molar-refractivity contribution in [3.05, 3.63) is 59.7 Å². The first-order valence-electron chi connectivity index (χ1n) is 5.15. The van der Waals surface area contributed by atoms with E-state index in [4.69, 9.17) is 0 Å². The first-order valence-corrected chi connectivity index (χ1v) is 8.01. The van der Waals surface area contributed by atoms with Crippen molar-refractivity contribution in [3.63, 3.8) is 0 Å². The minimum Gasteiger partial charge on any atom is -0.147 e. The molecule has 2 radical (unpaired) electrons. The van der Waals surface area contributed by atoms with E-state index in [1.54, 1.807) is 7.16 Å². The zero-order valence-electron chi connectivity index (χ0n) is 9.94. The second-order valence-electron chi connectivity index (χ2n) is 3.75. The minimum absolute atomic E-state index is 0. The van der Waals surface area contributed by atoms with Crippen molar-refractivity contribution in [2.45, 2.75) is 13.8 Å². The maximum atomic E-state index is 2.29. The Hall–Kier alpha value is -0.181. The van der Waals surface area contributed by atoms with Crippen LogP contribution in [-0.4, -0.2) is 21.1 Å². The van der Waals surface area contributed by atoms with E-state index in [1.807, 2.05) is 0 Å².